The molecule has 0 amide bonds. The number of rotatable bonds is 8. The summed E-state index contributed by atoms with van der Waals surface area (Å²) in [5, 5.41) is 16.0. The first-order chi connectivity index (χ1) is 12.2. The van der Waals surface area contributed by atoms with E-state index in [1.54, 1.807) is 6.07 Å². The highest BCUT2D eigenvalue weighted by atomic mass is 19.1. The molecule has 1 aliphatic carbocycles. The van der Waals surface area contributed by atoms with Crippen LogP contribution in [-0.2, 0) is 6.42 Å². The lowest BCUT2D eigenvalue weighted by atomic mass is 10.2. The smallest absolute Gasteiger partial charge is 0.226 e. The third-order valence-corrected chi connectivity index (χ3v) is 3.85. The Balaban J connectivity index is 0.00000109. The molecular formula is C19H23FN4O. The normalized spacial score (nSPS) is 12.8. The second-order valence-corrected chi connectivity index (χ2v) is 5.90. The van der Waals surface area contributed by atoms with Gasteiger partial charge in [-0.05, 0) is 43.9 Å². The molecule has 1 saturated carbocycles. The molecule has 1 aromatic carbocycles. The molecule has 0 saturated heterocycles. The maximum atomic E-state index is 13.3. The van der Waals surface area contributed by atoms with E-state index in [9.17, 15) is 4.39 Å². The van der Waals surface area contributed by atoms with Crippen LogP contribution in [0.4, 0.5) is 10.1 Å². The van der Waals surface area contributed by atoms with Gasteiger partial charge in [-0.25, -0.2) is 4.39 Å². The first-order valence-corrected chi connectivity index (χ1v) is 8.51. The number of aryl methyl sites for hydroxylation is 1. The van der Waals surface area contributed by atoms with E-state index in [-0.39, 0.29) is 0 Å². The van der Waals surface area contributed by atoms with Crippen molar-refractivity contribution >= 4 is 5.69 Å². The fraction of sp³-hybridized carbons (Fsp3) is 0.421. The van der Waals surface area contributed by atoms with E-state index >= 15 is 0 Å². The summed E-state index contributed by atoms with van der Waals surface area (Å²) < 4.78 is 18.5. The Labute approximate surface area is 147 Å². The fourth-order valence-corrected chi connectivity index (χ4v) is 2.44. The monoisotopic (exact) mass is 342 g/mol. The second-order valence-electron chi connectivity index (χ2n) is 5.90. The van der Waals surface area contributed by atoms with Crippen molar-refractivity contribution in [3.8, 4) is 6.07 Å². The molecular weight excluding hydrogens is 319 g/mol. The molecule has 1 N–H and O–H groups in total. The Morgan fingerprint density at radius 2 is 2.04 bits per heavy atom. The standard InChI is InChI=1S/C17H19FN4O.C2H4/c18-14-8-12(11-19)9-15(10-14)20-7-3-1-2-4-16-21-17(22-23-16)13-5-6-13;1-2/h8-10,13,20H,1-7H2;1-2H2. The minimum absolute atomic E-state index is 0.329. The zero-order valence-electron chi connectivity index (χ0n) is 14.3. The first-order valence-electron chi connectivity index (χ1n) is 8.51. The average Bonchev–Trinajstić information content (AvgIpc) is 3.38. The number of nitrogens with one attached hydrogen (secondary N) is 1. The van der Waals surface area contributed by atoms with Crippen LogP contribution >= 0.6 is 0 Å². The van der Waals surface area contributed by atoms with Crippen LogP contribution in [0.25, 0.3) is 0 Å². The molecule has 132 valence electrons. The molecule has 6 heteroatoms. The summed E-state index contributed by atoms with van der Waals surface area (Å²) in [6.45, 7) is 6.74. The lowest BCUT2D eigenvalue weighted by Gasteiger charge is -2.06. The van der Waals surface area contributed by atoms with Crippen LogP contribution < -0.4 is 5.32 Å². The number of aromatic nitrogens is 2. The lowest BCUT2D eigenvalue weighted by Crippen LogP contribution is -2.02. The lowest BCUT2D eigenvalue weighted by molar-refractivity contribution is 0.369. The SMILES string of the molecule is C=C.N#Cc1cc(F)cc(NCCCCCc2nc(C3CC3)no2)c1. The van der Waals surface area contributed by atoms with E-state index in [0.29, 0.717) is 17.2 Å². The molecule has 5 nitrogen and oxygen atoms in total. The summed E-state index contributed by atoms with van der Waals surface area (Å²) in [5.41, 5.74) is 0.975. The third kappa shape index (κ3) is 6.03. The van der Waals surface area contributed by atoms with Crippen molar-refractivity contribution in [2.45, 2.75) is 44.4 Å². The summed E-state index contributed by atoms with van der Waals surface area (Å²) in [4.78, 5) is 4.40. The van der Waals surface area contributed by atoms with E-state index < -0.39 is 5.82 Å². The maximum absolute atomic E-state index is 13.3. The highest BCUT2D eigenvalue weighted by molar-refractivity contribution is 5.49. The van der Waals surface area contributed by atoms with Gasteiger partial charge in [0.2, 0.25) is 5.89 Å². The number of unbranched alkanes of at least 4 members (excludes halogenated alkanes) is 2. The van der Waals surface area contributed by atoms with Gasteiger partial charge in [-0.2, -0.15) is 10.2 Å². The number of nitrogens with zero attached hydrogens (tertiary/aromatic N) is 3. The number of benzene rings is 1. The number of halogens is 1. The molecule has 1 aliphatic rings. The molecule has 0 atom stereocenters. The van der Waals surface area contributed by atoms with Crippen molar-refractivity contribution in [3.63, 3.8) is 0 Å². The van der Waals surface area contributed by atoms with Crippen molar-refractivity contribution in [1.82, 2.24) is 10.1 Å². The Morgan fingerprint density at radius 3 is 2.76 bits per heavy atom. The van der Waals surface area contributed by atoms with Crippen molar-refractivity contribution in [1.29, 1.82) is 5.26 Å². The average molecular weight is 342 g/mol. The summed E-state index contributed by atoms with van der Waals surface area (Å²) in [7, 11) is 0. The summed E-state index contributed by atoms with van der Waals surface area (Å²) >= 11 is 0. The molecule has 1 aromatic heterocycles. The Kier molecular flexibility index (Phi) is 7.15. The topological polar surface area (TPSA) is 74.7 Å². The molecule has 0 bridgehead atoms. The molecule has 25 heavy (non-hydrogen) atoms. The van der Waals surface area contributed by atoms with Crippen LogP contribution in [0.3, 0.4) is 0 Å². The zero-order chi connectivity index (χ0) is 18.1. The second kappa shape index (κ2) is 9.58. The quantitative estimate of drug-likeness (QED) is 0.561. The van der Waals surface area contributed by atoms with Gasteiger partial charge in [-0.15, -0.1) is 13.2 Å². The summed E-state index contributed by atoms with van der Waals surface area (Å²) in [6, 6.07) is 6.23. The van der Waals surface area contributed by atoms with Crippen LogP contribution in [-0.4, -0.2) is 16.7 Å². The predicted molar refractivity (Wildman–Crippen MR) is 94.7 cm³/mol. The Morgan fingerprint density at radius 1 is 1.24 bits per heavy atom. The summed E-state index contributed by atoms with van der Waals surface area (Å²) in [5.74, 6) is 1.72. The largest absolute Gasteiger partial charge is 0.385 e. The molecule has 1 heterocycles. The minimum atomic E-state index is -0.394. The highest BCUT2D eigenvalue weighted by Crippen LogP contribution is 2.38. The Hall–Kier alpha value is -2.68. The van der Waals surface area contributed by atoms with E-state index in [1.807, 2.05) is 6.07 Å². The van der Waals surface area contributed by atoms with Gasteiger partial charge < -0.3 is 9.84 Å². The molecule has 1 fully saturated rings. The van der Waals surface area contributed by atoms with E-state index in [4.69, 9.17) is 9.78 Å². The van der Waals surface area contributed by atoms with Crippen molar-refractivity contribution in [2.24, 2.45) is 0 Å². The number of hydrogen-bond acceptors (Lipinski definition) is 5. The Bertz CT molecular complexity index is 718. The van der Waals surface area contributed by atoms with E-state index in [2.05, 4.69) is 28.6 Å². The van der Waals surface area contributed by atoms with Gasteiger partial charge in [-0.1, -0.05) is 11.6 Å². The summed E-state index contributed by atoms with van der Waals surface area (Å²) in [6.07, 6.45) is 6.13. The molecule has 0 unspecified atom stereocenters. The molecule has 0 aliphatic heterocycles. The number of anilines is 1. The van der Waals surface area contributed by atoms with Crippen LogP contribution in [0.1, 0.15) is 55.3 Å². The van der Waals surface area contributed by atoms with Crippen molar-refractivity contribution in [3.05, 3.63) is 54.5 Å². The minimum Gasteiger partial charge on any atom is -0.385 e. The van der Waals surface area contributed by atoms with Gasteiger partial charge in [0.15, 0.2) is 5.82 Å². The van der Waals surface area contributed by atoms with E-state index in [0.717, 1.165) is 43.9 Å². The van der Waals surface area contributed by atoms with Gasteiger partial charge >= 0.3 is 0 Å². The fourth-order valence-electron chi connectivity index (χ4n) is 2.44. The predicted octanol–water partition coefficient (Wildman–Crippen LogP) is 4.58. The molecule has 0 spiro atoms. The van der Waals surface area contributed by atoms with Crippen LogP contribution in [0, 0.1) is 17.1 Å². The van der Waals surface area contributed by atoms with Gasteiger partial charge in [0.05, 0.1) is 11.6 Å². The van der Waals surface area contributed by atoms with Gasteiger partial charge in [0, 0.05) is 24.6 Å². The molecule has 3 rings (SSSR count). The molecule has 2 aromatic rings. The van der Waals surface area contributed by atoms with Crippen LogP contribution in [0.2, 0.25) is 0 Å². The number of hydrogen-bond donors (Lipinski definition) is 1. The van der Waals surface area contributed by atoms with Crippen molar-refractivity contribution < 1.29 is 8.91 Å². The van der Waals surface area contributed by atoms with Gasteiger partial charge in [0.1, 0.15) is 5.82 Å². The van der Waals surface area contributed by atoms with Gasteiger partial charge in [-0.3, -0.25) is 0 Å². The third-order valence-electron chi connectivity index (χ3n) is 3.85. The van der Waals surface area contributed by atoms with Crippen molar-refractivity contribution in [2.75, 3.05) is 11.9 Å². The maximum Gasteiger partial charge on any atom is 0.226 e. The highest BCUT2D eigenvalue weighted by Gasteiger charge is 2.28. The number of nitriles is 1. The van der Waals surface area contributed by atoms with Gasteiger partial charge in [0.25, 0.3) is 0 Å². The van der Waals surface area contributed by atoms with Crippen LogP contribution in [0.15, 0.2) is 35.9 Å². The van der Waals surface area contributed by atoms with E-state index in [1.165, 1.54) is 25.0 Å². The zero-order valence-corrected chi connectivity index (χ0v) is 14.3. The first kappa shape index (κ1) is 18.7. The van der Waals surface area contributed by atoms with Crippen LogP contribution in [0.5, 0.6) is 0 Å². The molecule has 0 radical (unpaired) electrons.